The molecule has 15 nitrogen and oxygen atoms in total. The van der Waals surface area contributed by atoms with Crippen molar-refractivity contribution < 1.29 is 68.6 Å². The fraction of sp³-hybridized carbons (Fsp3) is 0.487. The van der Waals surface area contributed by atoms with E-state index in [2.05, 4.69) is 19.2 Å². The number of esters is 1. The Morgan fingerprint density at radius 2 is 1.54 bits per heavy atom. The van der Waals surface area contributed by atoms with Gasteiger partial charge in [-0.2, -0.15) is 0 Å². The van der Waals surface area contributed by atoms with Gasteiger partial charge in [0, 0.05) is 30.7 Å². The Morgan fingerprint density at radius 3 is 2.19 bits per heavy atom. The third-order valence-corrected chi connectivity index (χ3v) is 9.07. The van der Waals surface area contributed by atoms with E-state index >= 15 is 0 Å². The molecule has 296 valence electrons. The third kappa shape index (κ3) is 10.2. The molecule has 3 aromatic rings. The highest BCUT2D eigenvalue weighted by atomic mass is 16.7. The second-order valence-corrected chi connectivity index (χ2v) is 13.5. The molecule has 1 aliphatic rings. The largest absolute Gasteiger partial charge is 0.504 e. The van der Waals surface area contributed by atoms with E-state index in [9.17, 15) is 40.2 Å². The summed E-state index contributed by atoms with van der Waals surface area (Å²) in [6.07, 6.45) is -5.55. The number of phenols is 2. The molecule has 3 aromatic carbocycles. The summed E-state index contributed by atoms with van der Waals surface area (Å²) in [5, 5.41) is 67.0. The SMILES string of the molecule is CCc1cccc(CCOc2c(O)c(OC)cc(C(=O)OCC3OC(Oc4cc(NC(C)CCC(C)C)c(C(=O)O)cc4OC)C(O)C(O)C3O)c2O)c1. The smallest absolute Gasteiger partial charge is 0.342 e. The van der Waals surface area contributed by atoms with Crippen molar-refractivity contribution in [2.24, 2.45) is 5.92 Å². The number of aliphatic hydroxyl groups is 3. The maximum Gasteiger partial charge on any atom is 0.342 e. The summed E-state index contributed by atoms with van der Waals surface area (Å²) in [6.45, 7) is 7.46. The summed E-state index contributed by atoms with van der Waals surface area (Å²) in [7, 11) is 2.54. The van der Waals surface area contributed by atoms with Crippen LogP contribution < -0.4 is 24.3 Å². The lowest BCUT2D eigenvalue weighted by Gasteiger charge is -2.40. The number of anilines is 1. The fourth-order valence-corrected chi connectivity index (χ4v) is 5.88. The number of carboxylic acids is 1. The maximum absolute atomic E-state index is 13.3. The number of aryl methyl sites for hydroxylation is 1. The van der Waals surface area contributed by atoms with Gasteiger partial charge in [-0.3, -0.25) is 0 Å². The van der Waals surface area contributed by atoms with Crippen molar-refractivity contribution in [1.29, 1.82) is 0 Å². The number of aromatic carboxylic acids is 1. The molecule has 0 aromatic heterocycles. The van der Waals surface area contributed by atoms with Crippen LogP contribution in [0.2, 0.25) is 0 Å². The topological polar surface area (TPSA) is 223 Å². The van der Waals surface area contributed by atoms with Crippen LogP contribution in [0.15, 0.2) is 42.5 Å². The van der Waals surface area contributed by atoms with E-state index in [1.54, 1.807) is 0 Å². The molecule has 1 saturated heterocycles. The molecule has 0 radical (unpaired) electrons. The van der Waals surface area contributed by atoms with Gasteiger partial charge < -0.3 is 64.4 Å². The Kier molecular flexibility index (Phi) is 14.6. The van der Waals surface area contributed by atoms with E-state index in [0.29, 0.717) is 12.3 Å². The summed E-state index contributed by atoms with van der Waals surface area (Å²) >= 11 is 0. The standard InChI is InChI=1S/C39H51NO14/c1-7-22-9-8-10-23(15-22)13-14-51-36-31(41)25(17-29(50-6)33(36)43)38(48)52-19-30-32(42)34(44)35(45)39(54-30)53-28-18-26(40-21(4)12-11-20(2)3)24(37(46)47)16-27(28)49-5/h8-10,15-18,20-21,30,32,34-35,39-45H,7,11-14,19H2,1-6H3,(H,46,47). The molecular formula is C39H51NO14. The van der Waals surface area contributed by atoms with Crippen molar-refractivity contribution in [2.45, 2.75) is 90.1 Å². The molecule has 6 unspecified atom stereocenters. The molecule has 7 N–H and O–H groups in total. The summed E-state index contributed by atoms with van der Waals surface area (Å²) in [6, 6.07) is 11.4. The van der Waals surface area contributed by atoms with Crippen LogP contribution in [0.3, 0.4) is 0 Å². The number of phenolic OH excluding ortho intramolecular Hbond substituents is 2. The van der Waals surface area contributed by atoms with Crippen molar-refractivity contribution >= 4 is 17.6 Å². The van der Waals surface area contributed by atoms with Gasteiger partial charge in [0.1, 0.15) is 36.6 Å². The Balaban J connectivity index is 1.50. The van der Waals surface area contributed by atoms with Gasteiger partial charge >= 0.3 is 11.9 Å². The number of aliphatic hydroxyl groups excluding tert-OH is 3. The number of carbonyl (C=O) groups excluding carboxylic acids is 1. The van der Waals surface area contributed by atoms with Gasteiger partial charge in [0.05, 0.1) is 32.1 Å². The van der Waals surface area contributed by atoms with Crippen molar-refractivity contribution in [3.63, 3.8) is 0 Å². The number of ether oxygens (including phenoxy) is 6. The van der Waals surface area contributed by atoms with E-state index < -0.39 is 72.1 Å². The molecule has 1 fully saturated rings. The van der Waals surface area contributed by atoms with Crippen LogP contribution in [-0.2, 0) is 22.3 Å². The first-order valence-electron chi connectivity index (χ1n) is 17.8. The van der Waals surface area contributed by atoms with Crippen LogP contribution in [0.4, 0.5) is 5.69 Å². The van der Waals surface area contributed by atoms with E-state index in [1.807, 2.05) is 38.1 Å². The van der Waals surface area contributed by atoms with Crippen LogP contribution in [0.1, 0.15) is 72.4 Å². The van der Waals surface area contributed by atoms with Gasteiger partial charge in [0.25, 0.3) is 0 Å². The van der Waals surface area contributed by atoms with Crippen LogP contribution in [0, 0.1) is 5.92 Å². The zero-order valence-electron chi connectivity index (χ0n) is 31.3. The van der Waals surface area contributed by atoms with Crippen LogP contribution in [0.25, 0.3) is 0 Å². The Morgan fingerprint density at radius 1 is 0.852 bits per heavy atom. The minimum atomic E-state index is -1.83. The Bertz CT molecular complexity index is 1750. The predicted octanol–water partition coefficient (Wildman–Crippen LogP) is 4.28. The maximum atomic E-state index is 13.3. The number of benzene rings is 3. The van der Waals surface area contributed by atoms with Gasteiger partial charge in [-0.15, -0.1) is 0 Å². The van der Waals surface area contributed by atoms with Crippen molar-refractivity contribution in [1.82, 2.24) is 0 Å². The van der Waals surface area contributed by atoms with Crippen LogP contribution >= 0.6 is 0 Å². The number of hydrogen-bond acceptors (Lipinski definition) is 14. The van der Waals surface area contributed by atoms with Crippen molar-refractivity contribution in [3.8, 4) is 34.5 Å². The summed E-state index contributed by atoms with van der Waals surface area (Å²) in [4.78, 5) is 25.4. The molecule has 1 aliphatic heterocycles. The van der Waals surface area contributed by atoms with Gasteiger partial charge in [-0.25, -0.2) is 9.59 Å². The minimum Gasteiger partial charge on any atom is -0.504 e. The molecule has 15 heteroatoms. The van der Waals surface area contributed by atoms with Gasteiger partial charge in [-0.1, -0.05) is 45.0 Å². The highest BCUT2D eigenvalue weighted by molar-refractivity contribution is 5.96. The van der Waals surface area contributed by atoms with Crippen molar-refractivity contribution in [3.05, 3.63) is 64.7 Å². The number of carboxylic acid groups (broad SMARTS) is 1. The van der Waals surface area contributed by atoms with Crippen LogP contribution in [0.5, 0.6) is 34.5 Å². The predicted molar refractivity (Wildman–Crippen MR) is 196 cm³/mol. The second kappa shape index (κ2) is 18.9. The molecule has 54 heavy (non-hydrogen) atoms. The summed E-state index contributed by atoms with van der Waals surface area (Å²) < 4.78 is 33.3. The molecule has 4 rings (SSSR count). The highest BCUT2D eigenvalue weighted by Crippen LogP contribution is 2.46. The third-order valence-electron chi connectivity index (χ3n) is 9.07. The lowest BCUT2D eigenvalue weighted by molar-refractivity contribution is -0.277. The van der Waals surface area contributed by atoms with E-state index in [4.69, 9.17) is 28.4 Å². The van der Waals surface area contributed by atoms with Gasteiger partial charge in [-0.05, 0) is 43.2 Å². The van der Waals surface area contributed by atoms with E-state index in [0.717, 1.165) is 36.5 Å². The van der Waals surface area contributed by atoms with Gasteiger partial charge in [0.15, 0.2) is 23.0 Å². The van der Waals surface area contributed by atoms with Gasteiger partial charge in [0.2, 0.25) is 17.8 Å². The molecule has 0 aliphatic carbocycles. The van der Waals surface area contributed by atoms with E-state index in [-0.39, 0.29) is 41.1 Å². The number of nitrogens with one attached hydrogen (secondary N) is 1. The highest BCUT2D eigenvalue weighted by Gasteiger charge is 2.46. The number of rotatable bonds is 18. The second-order valence-electron chi connectivity index (χ2n) is 13.5. The monoisotopic (exact) mass is 757 g/mol. The lowest BCUT2D eigenvalue weighted by Crippen LogP contribution is -2.60. The average molecular weight is 758 g/mol. The van der Waals surface area contributed by atoms with Crippen LogP contribution in [-0.4, -0.2) is 107 Å². The lowest BCUT2D eigenvalue weighted by atomic mass is 9.99. The number of methoxy groups -OCH3 is 2. The number of aromatic hydroxyl groups is 2. The zero-order chi connectivity index (χ0) is 39.7. The first-order chi connectivity index (χ1) is 25.7. The molecule has 1 heterocycles. The average Bonchev–Trinajstić information content (AvgIpc) is 3.15. The Hall–Kier alpha value is -4.96. The normalized spacial score (nSPS) is 20.2. The quantitative estimate of drug-likeness (QED) is 0.0900. The molecule has 6 atom stereocenters. The molecule has 0 bridgehead atoms. The first-order valence-corrected chi connectivity index (χ1v) is 17.8. The van der Waals surface area contributed by atoms with Crippen molar-refractivity contribution in [2.75, 3.05) is 32.8 Å². The number of carbonyl (C=O) groups is 2. The number of hydrogen-bond donors (Lipinski definition) is 7. The first kappa shape index (κ1) is 41.8. The molecular weight excluding hydrogens is 706 g/mol. The Labute approximate surface area is 314 Å². The summed E-state index contributed by atoms with van der Waals surface area (Å²) in [5.41, 5.74) is 1.79. The zero-order valence-corrected chi connectivity index (χ0v) is 31.3. The van der Waals surface area contributed by atoms with E-state index in [1.165, 1.54) is 26.4 Å². The molecule has 0 spiro atoms. The molecule has 0 amide bonds. The fourth-order valence-electron chi connectivity index (χ4n) is 5.88. The summed E-state index contributed by atoms with van der Waals surface area (Å²) in [5.74, 6) is -3.81. The minimum absolute atomic E-state index is 0.0172. The molecule has 0 saturated carbocycles.